The minimum absolute atomic E-state index is 0.0353. The molecule has 1 aliphatic rings. The highest BCUT2D eigenvalue weighted by atomic mass is 32.2. The number of hydrogen-bond donors (Lipinski definition) is 1. The smallest absolute Gasteiger partial charge is 0.251 e. The predicted molar refractivity (Wildman–Crippen MR) is 135 cm³/mol. The summed E-state index contributed by atoms with van der Waals surface area (Å²) in [5, 5.41) is 3.09. The van der Waals surface area contributed by atoms with Crippen LogP contribution in [0.1, 0.15) is 62.1 Å². The van der Waals surface area contributed by atoms with Gasteiger partial charge in [0.25, 0.3) is 5.91 Å². The Labute approximate surface area is 200 Å². The van der Waals surface area contributed by atoms with Gasteiger partial charge in [-0.25, -0.2) is 0 Å². The van der Waals surface area contributed by atoms with E-state index in [-0.39, 0.29) is 23.2 Å². The van der Waals surface area contributed by atoms with Crippen LogP contribution in [0.4, 0.5) is 0 Å². The summed E-state index contributed by atoms with van der Waals surface area (Å²) in [6.07, 6.45) is 0. The molecule has 1 saturated heterocycles. The largest absolute Gasteiger partial charge is 0.346 e. The summed E-state index contributed by atoms with van der Waals surface area (Å²) in [7, 11) is 0. The Morgan fingerprint density at radius 1 is 1.00 bits per heavy atom. The van der Waals surface area contributed by atoms with E-state index in [2.05, 4.69) is 38.2 Å². The molecule has 0 radical (unpaired) electrons. The van der Waals surface area contributed by atoms with E-state index in [1.54, 1.807) is 11.8 Å². The zero-order valence-electron chi connectivity index (χ0n) is 19.6. The molecular formula is C28H30N2O2S. The number of carbonyl (C=O) groups excluding carboxylic acids is 2. The molecule has 3 aromatic carbocycles. The van der Waals surface area contributed by atoms with Gasteiger partial charge in [-0.15, -0.1) is 11.8 Å². The third-order valence-corrected chi connectivity index (χ3v) is 7.57. The van der Waals surface area contributed by atoms with Crippen LogP contribution >= 0.6 is 11.8 Å². The Hall–Kier alpha value is -3.05. The standard InChI is InChI=1S/C28H30N2O2S/c1-18-14-20(3)25(15-19(18)2)21(4)29-27(32)23-10-12-24(13-11-23)28-30(26(31)17-33-28)16-22-8-6-5-7-9-22/h5-15,21,28H,16-17H2,1-4H3,(H,29,32)/t21-,28-/m0/s1. The first kappa shape index (κ1) is 23.1. The maximum absolute atomic E-state index is 12.9. The number of aryl methyl sites for hydroxylation is 3. The third kappa shape index (κ3) is 5.14. The molecule has 0 aliphatic carbocycles. The minimum Gasteiger partial charge on any atom is -0.346 e. The molecule has 2 amide bonds. The van der Waals surface area contributed by atoms with Crippen LogP contribution in [-0.4, -0.2) is 22.5 Å². The average molecular weight is 459 g/mol. The van der Waals surface area contributed by atoms with Crippen LogP contribution in [0.2, 0.25) is 0 Å². The molecule has 5 heteroatoms. The Morgan fingerprint density at radius 3 is 2.36 bits per heavy atom. The van der Waals surface area contributed by atoms with Gasteiger partial charge in [0.15, 0.2) is 0 Å². The summed E-state index contributed by atoms with van der Waals surface area (Å²) in [6.45, 7) is 8.89. The van der Waals surface area contributed by atoms with Gasteiger partial charge in [0.05, 0.1) is 11.8 Å². The van der Waals surface area contributed by atoms with Gasteiger partial charge >= 0.3 is 0 Å². The first-order valence-corrected chi connectivity index (χ1v) is 12.3. The van der Waals surface area contributed by atoms with Crippen LogP contribution in [0, 0.1) is 20.8 Å². The zero-order valence-corrected chi connectivity index (χ0v) is 20.4. The monoisotopic (exact) mass is 458 g/mol. The fourth-order valence-electron chi connectivity index (χ4n) is 4.29. The van der Waals surface area contributed by atoms with Crippen molar-refractivity contribution < 1.29 is 9.59 Å². The van der Waals surface area contributed by atoms with Crippen LogP contribution in [0.15, 0.2) is 66.7 Å². The number of rotatable bonds is 6. The number of carbonyl (C=O) groups is 2. The average Bonchev–Trinajstić information content (AvgIpc) is 3.17. The summed E-state index contributed by atoms with van der Waals surface area (Å²) in [5.41, 5.74) is 7.58. The first-order valence-electron chi connectivity index (χ1n) is 11.3. The van der Waals surface area contributed by atoms with Crippen LogP contribution in [0.25, 0.3) is 0 Å². The maximum atomic E-state index is 12.9. The number of hydrogen-bond acceptors (Lipinski definition) is 3. The van der Waals surface area contributed by atoms with Gasteiger partial charge in [-0.2, -0.15) is 0 Å². The second-order valence-electron chi connectivity index (χ2n) is 8.78. The van der Waals surface area contributed by atoms with Gasteiger partial charge in [0.1, 0.15) is 5.37 Å². The Balaban J connectivity index is 1.46. The summed E-state index contributed by atoms with van der Waals surface area (Å²) < 4.78 is 0. The lowest BCUT2D eigenvalue weighted by Crippen LogP contribution is -2.28. The molecule has 2 atom stereocenters. The van der Waals surface area contributed by atoms with E-state index >= 15 is 0 Å². The highest BCUT2D eigenvalue weighted by molar-refractivity contribution is 8.00. The molecule has 4 rings (SSSR count). The van der Waals surface area contributed by atoms with Gasteiger partial charge in [-0.1, -0.05) is 54.6 Å². The van der Waals surface area contributed by atoms with Crippen molar-refractivity contribution >= 4 is 23.6 Å². The molecule has 1 fully saturated rings. The summed E-state index contributed by atoms with van der Waals surface area (Å²) >= 11 is 1.63. The van der Waals surface area contributed by atoms with Gasteiger partial charge in [0, 0.05) is 12.1 Å². The quantitative estimate of drug-likeness (QED) is 0.502. The predicted octanol–water partition coefficient (Wildman–Crippen LogP) is 5.88. The first-order chi connectivity index (χ1) is 15.8. The van der Waals surface area contributed by atoms with Crippen molar-refractivity contribution in [2.75, 3.05) is 5.75 Å². The van der Waals surface area contributed by atoms with E-state index in [9.17, 15) is 9.59 Å². The lowest BCUT2D eigenvalue weighted by atomic mass is 9.96. The zero-order chi connectivity index (χ0) is 23.5. The highest BCUT2D eigenvalue weighted by Crippen LogP contribution is 2.39. The second-order valence-corrected chi connectivity index (χ2v) is 9.85. The topological polar surface area (TPSA) is 49.4 Å². The van der Waals surface area contributed by atoms with E-state index in [1.165, 1.54) is 16.7 Å². The molecule has 1 aliphatic heterocycles. The number of nitrogens with one attached hydrogen (secondary N) is 1. The van der Waals surface area contributed by atoms with E-state index < -0.39 is 0 Å². The van der Waals surface area contributed by atoms with Gasteiger partial charge in [0.2, 0.25) is 5.91 Å². The summed E-state index contributed by atoms with van der Waals surface area (Å²) in [4.78, 5) is 27.3. The Kier molecular flexibility index (Phi) is 6.89. The molecule has 0 saturated carbocycles. The molecule has 33 heavy (non-hydrogen) atoms. The highest BCUT2D eigenvalue weighted by Gasteiger charge is 2.32. The van der Waals surface area contributed by atoms with Crippen molar-refractivity contribution in [3.8, 4) is 0 Å². The second kappa shape index (κ2) is 9.84. The summed E-state index contributed by atoms with van der Waals surface area (Å²) in [6, 6.07) is 21.9. The molecule has 3 aromatic rings. The molecule has 0 unspecified atom stereocenters. The Morgan fingerprint density at radius 2 is 1.67 bits per heavy atom. The van der Waals surface area contributed by atoms with Gasteiger partial charge in [-0.05, 0) is 73.2 Å². The molecule has 1 heterocycles. The SMILES string of the molecule is Cc1cc(C)c([C@H](C)NC(=O)c2ccc([C@@H]3SCC(=O)N3Cc3ccccc3)cc2)cc1C. The van der Waals surface area contributed by atoms with Crippen molar-refractivity contribution in [2.24, 2.45) is 0 Å². The van der Waals surface area contributed by atoms with E-state index in [0.29, 0.717) is 17.9 Å². The van der Waals surface area contributed by atoms with Crippen LogP contribution in [0.3, 0.4) is 0 Å². The fraction of sp³-hybridized carbons (Fsp3) is 0.286. The van der Waals surface area contributed by atoms with Crippen molar-refractivity contribution in [1.82, 2.24) is 10.2 Å². The number of nitrogens with zero attached hydrogens (tertiary/aromatic N) is 1. The third-order valence-electron chi connectivity index (χ3n) is 6.32. The minimum atomic E-state index is -0.0945. The molecule has 0 bridgehead atoms. The van der Waals surface area contributed by atoms with Gasteiger partial charge in [-0.3, -0.25) is 9.59 Å². The van der Waals surface area contributed by atoms with Crippen molar-refractivity contribution in [3.63, 3.8) is 0 Å². The molecule has 170 valence electrons. The van der Waals surface area contributed by atoms with Crippen LogP contribution < -0.4 is 5.32 Å². The lowest BCUT2D eigenvalue weighted by Gasteiger charge is -2.24. The molecule has 1 N–H and O–H groups in total. The van der Waals surface area contributed by atoms with E-state index in [4.69, 9.17) is 0 Å². The van der Waals surface area contributed by atoms with Crippen molar-refractivity contribution in [2.45, 2.75) is 45.7 Å². The van der Waals surface area contributed by atoms with Crippen molar-refractivity contribution in [3.05, 3.63) is 106 Å². The maximum Gasteiger partial charge on any atom is 0.251 e. The molecule has 4 nitrogen and oxygen atoms in total. The number of thioether (sulfide) groups is 1. The van der Waals surface area contributed by atoms with Gasteiger partial charge < -0.3 is 10.2 Å². The molecular weight excluding hydrogens is 428 g/mol. The lowest BCUT2D eigenvalue weighted by molar-refractivity contribution is -0.128. The van der Waals surface area contributed by atoms with Crippen LogP contribution in [0.5, 0.6) is 0 Å². The normalized spacial score (nSPS) is 16.7. The van der Waals surface area contributed by atoms with Crippen molar-refractivity contribution in [1.29, 1.82) is 0 Å². The fourth-order valence-corrected chi connectivity index (χ4v) is 5.48. The van der Waals surface area contributed by atoms with E-state index in [1.807, 2.05) is 66.4 Å². The number of benzene rings is 3. The molecule has 0 spiro atoms. The summed E-state index contributed by atoms with van der Waals surface area (Å²) in [5.74, 6) is 0.531. The molecule has 0 aromatic heterocycles. The Bertz CT molecular complexity index is 1160. The van der Waals surface area contributed by atoms with Crippen LogP contribution in [-0.2, 0) is 11.3 Å². The number of amides is 2. The van der Waals surface area contributed by atoms with E-state index in [0.717, 1.165) is 16.7 Å².